The van der Waals surface area contributed by atoms with Gasteiger partial charge in [-0.2, -0.15) is 5.10 Å². The van der Waals surface area contributed by atoms with Gasteiger partial charge in [-0.3, -0.25) is 5.43 Å². The van der Waals surface area contributed by atoms with E-state index in [0.717, 1.165) is 22.6 Å². The van der Waals surface area contributed by atoms with Gasteiger partial charge in [0.05, 0.1) is 12.8 Å². The van der Waals surface area contributed by atoms with Gasteiger partial charge in [-0.25, -0.2) is 0 Å². The summed E-state index contributed by atoms with van der Waals surface area (Å²) in [6.07, 6.45) is 3.87. The van der Waals surface area contributed by atoms with Crippen molar-refractivity contribution in [1.29, 1.82) is 0 Å². The summed E-state index contributed by atoms with van der Waals surface area (Å²) >= 11 is 0. The van der Waals surface area contributed by atoms with E-state index in [1.54, 1.807) is 7.11 Å². The lowest BCUT2D eigenvalue weighted by molar-refractivity contribution is 0.415. The molecule has 132 valence electrons. The lowest BCUT2D eigenvalue weighted by atomic mass is 10.1. The van der Waals surface area contributed by atoms with Crippen LogP contribution in [0.2, 0.25) is 0 Å². The van der Waals surface area contributed by atoms with Crippen molar-refractivity contribution in [3.63, 3.8) is 0 Å². The van der Waals surface area contributed by atoms with E-state index in [4.69, 9.17) is 4.74 Å². The van der Waals surface area contributed by atoms with E-state index in [1.165, 1.54) is 0 Å². The van der Waals surface area contributed by atoms with Crippen LogP contribution in [0.3, 0.4) is 0 Å². The maximum Gasteiger partial charge on any atom is 0.133 e. The largest absolute Gasteiger partial charge is 0.497 e. The minimum atomic E-state index is 0.638. The van der Waals surface area contributed by atoms with Gasteiger partial charge in [0.25, 0.3) is 0 Å². The van der Waals surface area contributed by atoms with Crippen LogP contribution in [0.1, 0.15) is 11.1 Å². The summed E-state index contributed by atoms with van der Waals surface area (Å²) in [6, 6.07) is 27.5. The summed E-state index contributed by atoms with van der Waals surface area (Å²) in [5.74, 6) is 7.10. The van der Waals surface area contributed by atoms with Crippen LogP contribution in [0.25, 0.3) is 6.08 Å². The molecule has 0 fully saturated rings. The molecule has 0 atom stereocenters. The van der Waals surface area contributed by atoms with Crippen molar-refractivity contribution in [2.24, 2.45) is 5.10 Å². The minimum absolute atomic E-state index is 0.638. The number of methoxy groups -OCH3 is 1. The summed E-state index contributed by atoms with van der Waals surface area (Å²) in [5.41, 5.74) is 6.59. The number of hydrogen-bond donors (Lipinski definition) is 1. The molecule has 0 aromatic heterocycles. The van der Waals surface area contributed by atoms with Crippen LogP contribution in [-0.4, -0.2) is 12.8 Å². The molecule has 0 bridgehead atoms. The van der Waals surface area contributed by atoms with Crippen molar-refractivity contribution in [1.82, 2.24) is 0 Å². The van der Waals surface area contributed by atoms with Crippen molar-refractivity contribution in [2.45, 2.75) is 0 Å². The van der Waals surface area contributed by atoms with Gasteiger partial charge in [0.15, 0.2) is 0 Å². The Kier molecular flexibility index (Phi) is 6.44. The van der Waals surface area contributed by atoms with Gasteiger partial charge in [0, 0.05) is 5.56 Å². The first-order chi connectivity index (χ1) is 13.3. The second-order valence-corrected chi connectivity index (χ2v) is 5.70. The summed E-state index contributed by atoms with van der Waals surface area (Å²) in [4.78, 5) is 0. The molecular formula is C24H20N2O. The highest BCUT2D eigenvalue weighted by atomic mass is 16.5. The molecule has 1 N–H and O–H groups in total. The van der Waals surface area contributed by atoms with Gasteiger partial charge >= 0.3 is 0 Å². The van der Waals surface area contributed by atoms with Crippen LogP contribution < -0.4 is 10.2 Å². The van der Waals surface area contributed by atoms with E-state index in [0.29, 0.717) is 5.71 Å². The average Bonchev–Trinajstić information content (AvgIpc) is 2.75. The molecule has 0 radical (unpaired) electrons. The Morgan fingerprint density at radius 1 is 0.889 bits per heavy atom. The van der Waals surface area contributed by atoms with E-state index in [-0.39, 0.29) is 0 Å². The monoisotopic (exact) mass is 352 g/mol. The molecule has 0 heterocycles. The lowest BCUT2D eigenvalue weighted by Crippen LogP contribution is -1.96. The van der Waals surface area contributed by atoms with Crippen LogP contribution in [0.15, 0.2) is 96.1 Å². The maximum atomic E-state index is 5.19. The van der Waals surface area contributed by atoms with Crippen LogP contribution in [0.5, 0.6) is 5.75 Å². The average molecular weight is 352 g/mol. The number of hydrazone groups is 1. The number of anilines is 1. The van der Waals surface area contributed by atoms with Crippen molar-refractivity contribution in [2.75, 3.05) is 12.5 Å². The highest BCUT2D eigenvalue weighted by molar-refractivity contribution is 6.11. The number of rotatable bonds is 5. The molecule has 3 aromatic rings. The molecule has 27 heavy (non-hydrogen) atoms. The number of ether oxygens (including phenoxy) is 1. The van der Waals surface area contributed by atoms with E-state index in [9.17, 15) is 0 Å². The van der Waals surface area contributed by atoms with Gasteiger partial charge in [-0.1, -0.05) is 60.5 Å². The number of benzene rings is 3. The second-order valence-electron chi connectivity index (χ2n) is 5.70. The third-order valence-corrected chi connectivity index (χ3v) is 3.74. The summed E-state index contributed by atoms with van der Waals surface area (Å²) in [6.45, 7) is 0. The molecule has 0 aliphatic rings. The van der Waals surface area contributed by atoms with Gasteiger partial charge in [0.1, 0.15) is 11.5 Å². The van der Waals surface area contributed by atoms with Crippen LogP contribution in [0.4, 0.5) is 5.69 Å². The van der Waals surface area contributed by atoms with Crippen molar-refractivity contribution >= 4 is 17.5 Å². The Morgan fingerprint density at radius 2 is 1.56 bits per heavy atom. The molecule has 0 spiro atoms. The van der Waals surface area contributed by atoms with Crippen molar-refractivity contribution in [3.8, 4) is 17.6 Å². The highest BCUT2D eigenvalue weighted by Crippen LogP contribution is 2.12. The standard InChI is InChI=1S/C24H20N2O/c1-27-24-18-14-21(15-19-24)13-17-23(16-12-20-8-4-2-5-9-20)26-25-22-10-6-3-7-11-22/h2-11,13-15,17-19,25H,1H3/b17-13+,26-23-. The number of nitrogens with one attached hydrogen (secondary N) is 1. The summed E-state index contributed by atoms with van der Waals surface area (Å²) in [5, 5.41) is 4.44. The normalized spacial score (nSPS) is 10.9. The smallest absolute Gasteiger partial charge is 0.133 e. The first-order valence-electron chi connectivity index (χ1n) is 8.61. The molecule has 3 aromatic carbocycles. The van der Waals surface area contributed by atoms with Crippen molar-refractivity contribution < 1.29 is 4.74 Å². The Morgan fingerprint density at radius 3 is 2.22 bits per heavy atom. The second kappa shape index (κ2) is 9.65. The SMILES string of the molecule is COc1ccc(/C=C/C(C#Cc2ccccc2)=N\Nc2ccccc2)cc1. The van der Waals surface area contributed by atoms with E-state index >= 15 is 0 Å². The van der Waals surface area contributed by atoms with Crippen molar-refractivity contribution in [3.05, 3.63) is 102 Å². The molecule has 0 amide bonds. The van der Waals surface area contributed by atoms with Gasteiger partial charge in [-0.15, -0.1) is 0 Å². The topological polar surface area (TPSA) is 33.6 Å². The Bertz CT molecular complexity index is 964. The van der Waals surface area contributed by atoms with Gasteiger partial charge < -0.3 is 4.74 Å². The molecule has 0 unspecified atom stereocenters. The zero-order valence-electron chi connectivity index (χ0n) is 15.1. The first kappa shape index (κ1) is 18.0. The molecule has 0 aliphatic carbocycles. The molecular weight excluding hydrogens is 332 g/mol. The highest BCUT2D eigenvalue weighted by Gasteiger charge is 1.94. The number of nitrogens with zero attached hydrogens (tertiary/aromatic N) is 1. The molecule has 0 saturated heterocycles. The zero-order chi connectivity index (χ0) is 18.7. The minimum Gasteiger partial charge on any atom is -0.497 e. The fraction of sp³-hybridized carbons (Fsp3) is 0.0417. The molecule has 0 saturated carbocycles. The number of allylic oxidation sites excluding steroid dienone is 1. The molecule has 3 nitrogen and oxygen atoms in total. The fourth-order valence-electron chi connectivity index (χ4n) is 2.29. The third-order valence-electron chi connectivity index (χ3n) is 3.74. The lowest BCUT2D eigenvalue weighted by Gasteiger charge is -2.00. The summed E-state index contributed by atoms with van der Waals surface area (Å²) in [7, 11) is 1.66. The predicted molar refractivity (Wildman–Crippen MR) is 113 cm³/mol. The predicted octanol–water partition coefficient (Wildman–Crippen LogP) is 5.23. The molecule has 0 aliphatic heterocycles. The molecule has 3 rings (SSSR count). The van der Waals surface area contributed by atoms with Gasteiger partial charge in [0.2, 0.25) is 0 Å². The quantitative estimate of drug-likeness (QED) is 0.388. The van der Waals surface area contributed by atoms with Crippen LogP contribution >= 0.6 is 0 Å². The van der Waals surface area contributed by atoms with Crippen LogP contribution in [-0.2, 0) is 0 Å². The fourth-order valence-corrected chi connectivity index (χ4v) is 2.29. The third kappa shape index (κ3) is 5.91. The van der Waals surface area contributed by atoms with Gasteiger partial charge in [-0.05, 0) is 54.0 Å². The van der Waals surface area contributed by atoms with E-state index in [1.807, 2.05) is 97.1 Å². The maximum absolute atomic E-state index is 5.19. The zero-order valence-corrected chi connectivity index (χ0v) is 15.1. The first-order valence-corrected chi connectivity index (χ1v) is 8.61. The number of para-hydroxylation sites is 1. The Hall–Kier alpha value is -3.77. The van der Waals surface area contributed by atoms with E-state index < -0.39 is 0 Å². The Balaban J connectivity index is 1.82. The molecule has 3 heteroatoms. The summed E-state index contributed by atoms with van der Waals surface area (Å²) < 4.78 is 5.19. The Labute approximate surface area is 160 Å². The number of hydrogen-bond acceptors (Lipinski definition) is 3. The van der Waals surface area contributed by atoms with Crippen LogP contribution in [0, 0.1) is 11.8 Å². The van der Waals surface area contributed by atoms with E-state index in [2.05, 4.69) is 22.4 Å².